The Morgan fingerprint density at radius 2 is 2.32 bits per heavy atom. The molecule has 1 unspecified atom stereocenters. The van der Waals surface area contributed by atoms with Crippen LogP contribution in [0.1, 0.15) is 27.3 Å². The number of thioether (sulfide) groups is 1. The monoisotopic (exact) mass is 335 g/mol. The number of aryl methyl sites for hydroxylation is 2. The summed E-state index contributed by atoms with van der Waals surface area (Å²) >= 11 is 3.35. The zero-order valence-corrected chi connectivity index (χ0v) is 14.1. The van der Waals surface area contributed by atoms with Gasteiger partial charge in [0, 0.05) is 28.5 Å². The first kappa shape index (κ1) is 15.3. The SMILES string of the molecule is Cc1nc(NC(=O)c2ccnc(OC3CCSC3)c2)sc1C. The van der Waals surface area contributed by atoms with Gasteiger partial charge in [0.25, 0.3) is 5.91 Å². The van der Waals surface area contributed by atoms with Crippen molar-refractivity contribution in [2.45, 2.75) is 26.4 Å². The zero-order chi connectivity index (χ0) is 15.5. The summed E-state index contributed by atoms with van der Waals surface area (Å²) in [5.74, 6) is 2.41. The number of ether oxygens (including phenoxy) is 1. The smallest absolute Gasteiger partial charge is 0.257 e. The number of anilines is 1. The first-order valence-electron chi connectivity index (χ1n) is 7.07. The molecule has 0 spiro atoms. The summed E-state index contributed by atoms with van der Waals surface area (Å²) < 4.78 is 5.81. The van der Waals surface area contributed by atoms with Crippen molar-refractivity contribution >= 4 is 34.1 Å². The van der Waals surface area contributed by atoms with Crippen molar-refractivity contribution in [3.8, 4) is 5.88 Å². The van der Waals surface area contributed by atoms with E-state index in [4.69, 9.17) is 4.74 Å². The average molecular weight is 335 g/mol. The molecule has 0 aromatic carbocycles. The minimum absolute atomic E-state index is 0.193. The largest absolute Gasteiger partial charge is 0.473 e. The molecule has 7 heteroatoms. The lowest BCUT2D eigenvalue weighted by molar-refractivity contribution is 0.102. The second kappa shape index (κ2) is 6.66. The molecule has 22 heavy (non-hydrogen) atoms. The van der Waals surface area contributed by atoms with E-state index in [-0.39, 0.29) is 12.0 Å². The van der Waals surface area contributed by atoms with Crippen molar-refractivity contribution in [3.05, 3.63) is 34.5 Å². The highest BCUT2D eigenvalue weighted by Gasteiger charge is 2.18. The average Bonchev–Trinajstić information content (AvgIpc) is 3.10. The van der Waals surface area contributed by atoms with Crippen LogP contribution in [0.4, 0.5) is 5.13 Å². The molecular weight excluding hydrogens is 318 g/mol. The molecule has 2 aromatic rings. The van der Waals surface area contributed by atoms with Crippen molar-refractivity contribution in [3.63, 3.8) is 0 Å². The molecule has 5 nitrogen and oxygen atoms in total. The minimum Gasteiger partial charge on any atom is -0.473 e. The van der Waals surface area contributed by atoms with Gasteiger partial charge in [0.05, 0.1) is 5.69 Å². The molecule has 1 amide bonds. The minimum atomic E-state index is -0.193. The van der Waals surface area contributed by atoms with Crippen LogP contribution in [0.15, 0.2) is 18.3 Å². The molecule has 1 fully saturated rings. The predicted octanol–water partition coefficient (Wildman–Crippen LogP) is 3.29. The fraction of sp³-hybridized carbons (Fsp3) is 0.400. The summed E-state index contributed by atoms with van der Waals surface area (Å²) in [5, 5.41) is 3.44. The Kier molecular flexibility index (Phi) is 4.63. The molecule has 116 valence electrons. The van der Waals surface area contributed by atoms with Gasteiger partial charge in [0.2, 0.25) is 5.88 Å². The number of thiazole rings is 1. The Morgan fingerprint density at radius 3 is 3.00 bits per heavy atom. The summed E-state index contributed by atoms with van der Waals surface area (Å²) in [4.78, 5) is 21.9. The van der Waals surface area contributed by atoms with Gasteiger partial charge in [-0.05, 0) is 32.1 Å². The molecule has 1 saturated heterocycles. The molecule has 1 N–H and O–H groups in total. The lowest BCUT2D eigenvalue weighted by atomic mass is 10.2. The first-order valence-corrected chi connectivity index (χ1v) is 9.05. The third-order valence-corrected chi connectivity index (χ3v) is 5.54. The Labute approximate surface area is 137 Å². The molecule has 0 saturated carbocycles. The van der Waals surface area contributed by atoms with Gasteiger partial charge in [0.15, 0.2) is 5.13 Å². The topological polar surface area (TPSA) is 64.1 Å². The zero-order valence-electron chi connectivity index (χ0n) is 12.5. The Hall–Kier alpha value is -1.60. The van der Waals surface area contributed by atoms with Crippen LogP contribution in [0, 0.1) is 13.8 Å². The van der Waals surface area contributed by atoms with E-state index in [1.807, 2.05) is 25.6 Å². The normalized spacial score (nSPS) is 17.5. The third-order valence-electron chi connectivity index (χ3n) is 3.42. The molecule has 1 aliphatic heterocycles. The summed E-state index contributed by atoms with van der Waals surface area (Å²) in [7, 11) is 0. The van der Waals surface area contributed by atoms with E-state index in [1.165, 1.54) is 11.3 Å². The van der Waals surface area contributed by atoms with Gasteiger partial charge in [-0.25, -0.2) is 9.97 Å². The van der Waals surface area contributed by atoms with Crippen molar-refractivity contribution in [2.75, 3.05) is 16.8 Å². The molecule has 2 aromatic heterocycles. The number of rotatable bonds is 4. The molecule has 0 radical (unpaired) electrons. The Bertz CT molecular complexity index is 662. The van der Waals surface area contributed by atoms with Gasteiger partial charge in [-0.15, -0.1) is 11.3 Å². The van der Waals surface area contributed by atoms with Crippen LogP contribution in [-0.2, 0) is 0 Å². The van der Waals surface area contributed by atoms with Crippen LogP contribution in [0.25, 0.3) is 0 Å². The van der Waals surface area contributed by atoms with E-state index >= 15 is 0 Å². The van der Waals surface area contributed by atoms with Crippen LogP contribution < -0.4 is 10.1 Å². The molecule has 0 aliphatic carbocycles. The second-order valence-corrected chi connectivity index (χ2v) is 7.45. The van der Waals surface area contributed by atoms with E-state index in [0.29, 0.717) is 16.6 Å². The molecule has 3 heterocycles. The van der Waals surface area contributed by atoms with Crippen LogP contribution in [0.3, 0.4) is 0 Å². The summed E-state index contributed by atoms with van der Waals surface area (Å²) in [6.07, 6.45) is 2.82. The van der Waals surface area contributed by atoms with Gasteiger partial charge in [-0.3, -0.25) is 10.1 Å². The summed E-state index contributed by atoms with van der Waals surface area (Å²) in [6, 6.07) is 3.37. The van der Waals surface area contributed by atoms with E-state index < -0.39 is 0 Å². The lowest BCUT2D eigenvalue weighted by Crippen LogP contribution is -2.17. The maximum Gasteiger partial charge on any atom is 0.257 e. The molecule has 1 aliphatic rings. The standard InChI is InChI=1S/C15H17N3O2S2/c1-9-10(2)22-15(17-9)18-14(19)11-3-5-16-13(7-11)20-12-4-6-21-8-12/h3,5,7,12H,4,6,8H2,1-2H3,(H,17,18,19). The number of hydrogen-bond acceptors (Lipinski definition) is 6. The van der Waals surface area contributed by atoms with Gasteiger partial charge in [-0.2, -0.15) is 11.8 Å². The van der Waals surface area contributed by atoms with Crippen LogP contribution in [0.5, 0.6) is 5.88 Å². The predicted molar refractivity (Wildman–Crippen MR) is 90.1 cm³/mol. The van der Waals surface area contributed by atoms with Crippen molar-refractivity contribution < 1.29 is 9.53 Å². The Morgan fingerprint density at radius 1 is 1.45 bits per heavy atom. The first-order chi connectivity index (χ1) is 10.6. The van der Waals surface area contributed by atoms with E-state index in [9.17, 15) is 4.79 Å². The number of carbonyl (C=O) groups excluding carboxylic acids is 1. The van der Waals surface area contributed by atoms with Gasteiger partial charge in [-0.1, -0.05) is 0 Å². The number of nitrogens with one attached hydrogen (secondary N) is 1. The highest BCUT2D eigenvalue weighted by molar-refractivity contribution is 7.99. The highest BCUT2D eigenvalue weighted by atomic mass is 32.2. The number of carbonyl (C=O) groups is 1. The number of aromatic nitrogens is 2. The molecular formula is C15H17N3O2S2. The van der Waals surface area contributed by atoms with Crippen molar-refractivity contribution in [1.29, 1.82) is 0 Å². The lowest BCUT2D eigenvalue weighted by Gasteiger charge is -2.11. The highest BCUT2D eigenvalue weighted by Crippen LogP contribution is 2.24. The quantitative estimate of drug-likeness (QED) is 0.929. The third kappa shape index (κ3) is 3.59. The van der Waals surface area contributed by atoms with Gasteiger partial charge in [0.1, 0.15) is 6.10 Å². The van der Waals surface area contributed by atoms with E-state index in [1.54, 1.807) is 18.3 Å². The number of nitrogens with zero attached hydrogens (tertiary/aromatic N) is 2. The van der Waals surface area contributed by atoms with Gasteiger partial charge >= 0.3 is 0 Å². The number of pyridine rings is 1. The second-order valence-electron chi connectivity index (χ2n) is 5.10. The number of amides is 1. The van der Waals surface area contributed by atoms with Crippen LogP contribution in [0.2, 0.25) is 0 Å². The molecule has 1 atom stereocenters. The fourth-order valence-electron chi connectivity index (χ4n) is 2.09. The Balaban J connectivity index is 1.69. The molecule has 0 bridgehead atoms. The number of hydrogen-bond donors (Lipinski definition) is 1. The van der Waals surface area contributed by atoms with E-state index in [0.717, 1.165) is 28.5 Å². The van der Waals surface area contributed by atoms with E-state index in [2.05, 4.69) is 15.3 Å². The molecule has 3 rings (SSSR count). The van der Waals surface area contributed by atoms with Crippen LogP contribution in [-0.4, -0.2) is 33.5 Å². The van der Waals surface area contributed by atoms with Crippen molar-refractivity contribution in [1.82, 2.24) is 9.97 Å². The van der Waals surface area contributed by atoms with Crippen molar-refractivity contribution in [2.24, 2.45) is 0 Å². The fourth-order valence-corrected chi connectivity index (χ4v) is 3.99. The maximum atomic E-state index is 12.3. The maximum absolute atomic E-state index is 12.3. The summed E-state index contributed by atoms with van der Waals surface area (Å²) in [5.41, 5.74) is 1.47. The van der Waals surface area contributed by atoms with Crippen LogP contribution >= 0.6 is 23.1 Å². The van der Waals surface area contributed by atoms with Gasteiger partial charge < -0.3 is 4.74 Å². The summed E-state index contributed by atoms with van der Waals surface area (Å²) in [6.45, 7) is 3.92.